The molecule has 0 saturated carbocycles. The molecule has 3 heterocycles. The molecule has 2 aromatic heterocycles. The zero-order chi connectivity index (χ0) is 27.8. The lowest BCUT2D eigenvalue weighted by atomic mass is 10.1. The Balaban J connectivity index is 2.02. The minimum Gasteiger partial charge on any atom is -0.493 e. The molecule has 14 nitrogen and oxygen atoms in total. The van der Waals surface area contributed by atoms with Crippen LogP contribution in [0.2, 0.25) is 0 Å². The van der Waals surface area contributed by atoms with E-state index < -0.39 is 26.0 Å². The van der Waals surface area contributed by atoms with Gasteiger partial charge in [-0.25, -0.2) is 8.42 Å². The van der Waals surface area contributed by atoms with E-state index in [-0.39, 0.29) is 52.8 Å². The third-order valence-corrected chi connectivity index (χ3v) is 8.38. The second-order valence-electron chi connectivity index (χ2n) is 8.85. The van der Waals surface area contributed by atoms with E-state index in [9.17, 15) is 26.2 Å². The molecular formula is C22H30N6O8S2. The summed E-state index contributed by atoms with van der Waals surface area (Å²) < 4.78 is 74.2. The maximum Gasteiger partial charge on any atom is 0.465 e. The Morgan fingerprint density at radius 2 is 1.71 bits per heavy atom. The first-order chi connectivity index (χ1) is 17.9. The summed E-state index contributed by atoms with van der Waals surface area (Å²) in [4.78, 5) is 19.1. The molecule has 1 aromatic carbocycles. The Labute approximate surface area is 220 Å². The summed E-state index contributed by atoms with van der Waals surface area (Å²) in [6, 6.07) is 4.04. The van der Waals surface area contributed by atoms with Gasteiger partial charge in [0, 0.05) is 33.2 Å². The van der Waals surface area contributed by atoms with Gasteiger partial charge in [-0.1, -0.05) is 13.3 Å². The van der Waals surface area contributed by atoms with Crippen LogP contribution < -0.4 is 14.6 Å². The molecule has 208 valence electrons. The fourth-order valence-electron chi connectivity index (χ4n) is 4.37. The Morgan fingerprint density at radius 3 is 2.32 bits per heavy atom. The van der Waals surface area contributed by atoms with Crippen molar-refractivity contribution in [3.8, 4) is 17.1 Å². The van der Waals surface area contributed by atoms with Crippen LogP contribution in [0.15, 0.2) is 27.9 Å². The fourth-order valence-corrected chi connectivity index (χ4v) is 6.15. The van der Waals surface area contributed by atoms with Gasteiger partial charge in [-0.05, 0) is 38.6 Å². The smallest absolute Gasteiger partial charge is 0.465 e. The van der Waals surface area contributed by atoms with E-state index in [0.29, 0.717) is 36.4 Å². The molecule has 38 heavy (non-hydrogen) atoms. The van der Waals surface area contributed by atoms with Gasteiger partial charge in [-0.3, -0.25) is 18.3 Å². The molecular weight excluding hydrogens is 540 g/mol. The number of rotatable bonds is 9. The van der Waals surface area contributed by atoms with Crippen LogP contribution in [0.4, 0.5) is 0 Å². The minimum absolute atomic E-state index is 0.0169. The first-order valence-electron chi connectivity index (χ1n) is 12.0. The molecule has 1 N–H and O–H groups in total. The quantitative estimate of drug-likeness (QED) is 0.352. The van der Waals surface area contributed by atoms with Gasteiger partial charge in [-0.2, -0.15) is 22.8 Å². The van der Waals surface area contributed by atoms with Crippen molar-refractivity contribution in [2.24, 2.45) is 7.05 Å². The topological polar surface area (TPSA) is 166 Å². The molecule has 16 heteroatoms. The fraction of sp³-hybridized carbons (Fsp3) is 0.500. The molecule has 0 radical (unpaired) electrons. The predicted octanol–water partition coefficient (Wildman–Crippen LogP) is 0.316. The van der Waals surface area contributed by atoms with Gasteiger partial charge >= 0.3 is 10.4 Å². The van der Waals surface area contributed by atoms with Crippen LogP contribution in [-0.4, -0.2) is 89.9 Å². The van der Waals surface area contributed by atoms with Crippen molar-refractivity contribution in [2.75, 3.05) is 39.8 Å². The molecule has 0 unspecified atom stereocenters. The van der Waals surface area contributed by atoms with Crippen LogP contribution in [0, 0.1) is 0 Å². The molecule has 1 aliphatic rings. The van der Waals surface area contributed by atoms with Crippen LogP contribution in [0.1, 0.15) is 26.0 Å². The first-order valence-corrected chi connectivity index (χ1v) is 14.8. The lowest BCUT2D eigenvalue weighted by molar-refractivity contribution is 0.222. The van der Waals surface area contributed by atoms with E-state index in [1.165, 1.54) is 34.2 Å². The number of likely N-dealkylation sites (N-methyl/N-ethyl adjacent to an activating group) is 1. The second kappa shape index (κ2) is 10.6. The summed E-state index contributed by atoms with van der Waals surface area (Å²) in [7, 11) is -5.66. The monoisotopic (exact) mass is 570 g/mol. The first kappa shape index (κ1) is 28.0. The van der Waals surface area contributed by atoms with E-state index in [1.54, 1.807) is 6.92 Å². The molecule has 3 aromatic rings. The predicted molar refractivity (Wildman–Crippen MR) is 138 cm³/mol. The molecule has 0 bridgehead atoms. The maximum absolute atomic E-state index is 13.5. The van der Waals surface area contributed by atoms with E-state index in [2.05, 4.69) is 10.1 Å². The highest BCUT2D eigenvalue weighted by Gasteiger charge is 2.30. The number of piperazine rings is 1. The molecule has 1 saturated heterocycles. The third-order valence-electron chi connectivity index (χ3n) is 6.14. The molecule has 4 rings (SSSR count). The number of aromatic nitrogens is 4. The van der Waals surface area contributed by atoms with Crippen LogP contribution >= 0.6 is 0 Å². The lowest BCUT2D eigenvalue weighted by Crippen LogP contribution is -2.47. The van der Waals surface area contributed by atoms with Crippen LogP contribution in [0.3, 0.4) is 0 Å². The normalized spacial score (nSPS) is 15.7. The standard InChI is InChI=1S/C22H30N6O8S2/c1-5-7-17-19-20(26(4)24-17)22(29)23-21(28(19)36-38(32,33)34)16-14-15(8-9-18(16)35-6-2)37(30,31)27-12-10-25(3)11-13-27/h8-9,14H,5-7,10-13H2,1-4H3,(H,32,33,34). The Morgan fingerprint density at radius 1 is 1.03 bits per heavy atom. The van der Waals surface area contributed by atoms with Crippen LogP contribution in [0.25, 0.3) is 22.4 Å². The average molecular weight is 571 g/mol. The number of hydrogen-bond acceptors (Lipinski definition) is 10. The van der Waals surface area contributed by atoms with Gasteiger partial charge < -0.3 is 9.64 Å². The zero-order valence-electron chi connectivity index (χ0n) is 21.5. The van der Waals surface area contributed by atoms with Crippen molar-refractivity contribution in [1.82, 2.24) is 28.7 Å². The summed E-state index contributed by atoms with van der Waals surface area (Å²) in [6.45, 7) is 5.45. The Hall–Kier alpha value is -3.05. The highest BCUT2D eigenvalue weighted by atomic mass is 32.3. The van der Waals surface area contributed by atoms with Gasteiger partial charge in [0.1, 0.15) is 11.3 Å². The van der Waals surface area contributed by atoms with E-state index >= 15 is 0 Å². The Bertz CT molecular complexity index is 1620. The Kier molecular flexibility index (Phi) is 7.81. The minimum atomic E-state index is -5.11. The molecule has 1 aliphatic heterocycles. The third kappa shape index (κ3) is 5.40. The molecule has 0 amide bonds. The average Bonchev–Trinajstić information content (AvgIpc) is 3.17. The number of ether oxygens (including phenoxy) is 1. The SMILES string of the molecule is CCCc1nn(C)c2c(=O)nc(-c3cc(S(=O)(=O)N4CCN(C)CC4)ccc3OCC)n(OS(=O)(=O)O)c12. The zero-order valence-corrected chi connectivity index (χ0v) is 23.1. The van der Waals surface area contributed by atoms with Crippen molar-refractivity contribution in [2.45, 2.75) is 31.6 Å². The number of aryl methyl sites for hydroxylation is 2. The van der Waals surface area contributed by atoms with E-state index in [0.717, 1.165) is 0 Å². The van der Waals surface area contributed by atoms with Gasteiger partial charge in [0.15, 0.2) is 11.3 Å². The van der Waals surface area contributed by atoms with Crippen molar-refractivity contribution < 1.29 is 30.4 Å². The molecule has 0 spiro atoms. The van der Waals surface area contributed by atoms with Crippen molar-refractivity contribution >= 4 is 31.5 Å². The van der Waals surface area contributed by atoms with Crippen LogP contribution in [0.5, 0.6) is 5.75 Å². The van der Waals surface area contributed by atoms with Gasteiger partial charge in [0.05, 0.1) is 22.8 Å². The van der Waals surface area contributed by atoms with Gasteiger partial charge in [0.2, 0.25) is 10.0 Å². The molecule has 0 aliphatic carbocycles. The summed E-state index contributed by atoms with van der Waals surface area (Å²) >= 11 is 0. The largest absolute Gasteiger partial charge is 0.493 e. The highest BCUT2D eigenvalue weighted by molar-refractivity contribution is 7.89. The highest BCUT2D eigenvalue weighted by Crippen LogP contribution is 2.34. The summed E-state index contributed by atoms with van der Waals surface area (Å²) in [6.07, 6.45) is 0.956. The summed E-state index contributed by atoms with van der Waals surface area (Å²) in [5.41, 5.74) is -0.515. The van der Waals surface area contributed by atoms with Crippen molar-refractivity contribution in [3.63, 3.8) is 0 Å². The number of benzene rings is 1. The maximum atomic E-state index is 13.5. The van der Waals surface area contributed by atoms with Crippen molar-refractivity contribution in [1.29, 1.82) is 0 Å². The molecule has 1 fully saturated rings. The van der Waals surface area contributed by atoms with Crippen LogP contribution in [-0.2, 0) is 33.9 Å². The van der Waals surface area contributed by atoms with Gasteiger partial charge in [0.25, 0.3) is 5.56 Å². The summed E-state index contributed by atoms with van der Waals surface area (Å²) in [5.74, 6) is -0.242. The van der Waals surface area contributed by atoms with E-state index in [1.807, 2.05) is 18.9 Å². The second-order valence-corrected chi connectivity index (χ2v) is 11.8. The van der Waals surface area contributed by atoms with Gasteiger partial charge in [-0.15, -0.1) is 4.73 Å². The number of hydrogen-bond donors (Lipinski definition) is 1. The molecule has 0 atom stereocenters. The van der Waals surface area contributed by atoms with E-state index in [4.69, 9.17) is 9.02 Å². The lowest BCUT2D eigenvalue weighted by Gasteiger charge is -2.31. The van der Waals surface area contributed by atoms with Crippen molar-refractivity contribution in [3.05, 3.63) is 34.2 Å². The number of sulfonamides is 1. The number of nitrogens with zero attached hydrogens (tertiary/aromatic N) is 6. The summed E-state index contributed by atoms with van der Waals surface area (Å²) in [5, 5.41) is 4.31. The number of fused-ring (bicyclic) bond motifs is 1.